The van der Waals surface area contributed by atoms with Crippen LogP contribution in [-0.2, 0) is 16.0 Å². The first-order valence-corrected chi connectivity index (χ1v) is 17.4. The Bertz CT molecular complexity index is 1810. The van der Waals surface area contributed by atoms with Gasteiger partial charge in [-0.1, -0.05) is 44.2 Å². The van der Waals surface area contributed by atoms with Gasteiger partial charge < -0.3 is 26.6 Å². The van der Waals surface area contributed by atoms with Gasteiger partial charge >= 0.3 is 0 Å². The number of H-pyrrole nitrogens is 2. The molecule has 0 bridgehead atoms. The van der Waals surface area contributed by atoms with Gasteiger partial charge in [-0.25, -0.2) is 0 Å². The van der Waals surface area contributed by atoms with E-state index in [0.717, 1.165) is 67.6 Å². The number of aromatic nitrogens is 2. The normalized spacial score (nSPS) is 16.4. The highest BCUT2D eigenvalue weighted by Gasteiger charge is 2.29. The molecule has 5 rings (SSSR count). The molecule has 1 heterocycles. The Balaban J connectivity index is 0.00000562. The second-order valence-corrected chi connectivity index (χ2v) is 13.1. The molecule has 1 aliphatic rings. The second kappa shape index (κ2) is 18.0. The van der Waals surface area contributed by atoms with Gasteiger partial charge in [0.25, 0.3) is 11.5 Å². The van der Waals surface area contributed by atoms with E-state index in [1.54, 1.807) is 18.2 Å². The quantitative estimate of drug-likeness (QED) is 0.111. The van der Waals surface area contributed by atoms with Gasteiger partial charge in [0, 0.05) is 36.7 Å². The number of fused-ring (bicyclic) bond motifs is 1. The lowest BCUT2D eigenvalue weighted by Gasteiger charge is -2.28. The molecule has 50 heavy (non-hydrogen) atoms. The number of carbonyl (C=O) groups excluding carboxylic acids is 3. The second-order valence-electron chi connectivity index (χ2n) is 13.1. The molecule has 0 radical (unpaired) electrons. The van der Waals surface area contributed by atoms with Gasteiger partial charge in [-0.05, 0) is 111 Å². The highest BCUT2D eigenvalue weighted by molar-refractivity contribution is 5.99. The van der Waals surface area contributed by atoms with Crippen LogP contribution in [-0.4, -0.2) is 71.6 Å². The van der Waals surface area contributed by atoms with Crippen LogP contribution >= 0.6 is 12.4 Å². The highest BCUT2D eigenvalue weighted by atomic mass is 35.5. The Morgan fingerprint density at radius 3 is 2.32 bits per heavy atom. The fourth-order valence-electron chi connectivity index (χ4n) is 6.66. The number of hydrogen-bond donors (Lipinski definition) is 6. The fourth-order valence-corrected chi connectivity index (χ4v) is 6.66. The minimum atomic E-state index is -0.812. The molecule has 0 unspecified atom stereocenters. The Morgan fingerprint density at radius 2 is 1.66 bits per heavy atom. The van der Waals surface area contributed by atoms with Gasteiger partial charge in [-0.15, -0.1) is 12.4 Å². The van der Waals surface area contributed by atoms with Crippen molar-refractivity contribution in [3.63, 3.8) is 0 Å². The van der Waals surface area contributed by atoms with Crippen molar-refractivity contribution in [3.05, 3.63) is 87.7 Å². The number of amides is 3. The van der Waals surface area contributed by atoms with Gasteiger partial charge in [0.1, 0.15) is 6.04 Å². The van der Waals surface area contributed by atoms with Crippen LogP contribution in [0, 0.1) is 18.8 Å². The number of anilines is 1. The van der Waals surface area contributed by atoms with Crippen LogP contribution in [0.15, 0.2) is 65.5 Å². The molecular weight excluding hydrogens is 654 g/mol. The molecule has 1 saturated carbocycles. The van der Waals surface area contributed by atoms with E-state index in [1.165, 1.54) is 0 Å². The maximum absolute atomic E-state index is 13.7. The average Bonchev–Trinajstić information content (AvgIpc) is 3.49. The van der Waals surface area contributed by atoms with Gasteiger partial charge in [0.2, 0.25) is 11.8 Å². The maximum Gasteiger partial charge on any atom is 0.271 e. The fraction of sp³-hybridized carbons (Fsp3) is 0.421. The van der Waals surface area contributed by atoms with Crippen LogP contribution in [0.4, 0.5) is 5.69 Å². The van der Waals surface area contributed by atoms with Gasteiger partial charge in [0.05, 0.1) is 10.9 Å². The van der Waals surface area contributed by atoms with Crippen molar-refractivity contribution < 1.29 is 14.4 Å². The SMILES string of the molecule is CCN(CC)CCNC(=O)c1ccc(-c2ccc(C[C@H](NC(=O)[C@H]3CC[C@H](CN)CC3)C(=O)Nc3ccc4c(=O)[nH][nH]c4c3)cc2)c(C)c1.Cl. The summed E-state index contributed by atoms with van der Waals surface area (Å²) in [6, 6.07) is 17.9. The number of aromatic amines is 2. The Morgan fingerprint density at radius 1 is 0.940 bits per heavy atom. The molecule has 4 aromatic rings. The van der Waals surface area contributed by atoms with Gasteiger partial charge in [-0.3, -0.25) is 29.4 Å². The number of carbonyl (C=O) groups is 3. The maximum atomic E-state index is 13.7. The minimum Gasteiger partial charge on any atom is -0.351 e. The summed E-state index contributed by atoms with van der Waals surface area (Å²) in [5.74, 6) is -0.261. The molecule has 0 saturated heterocycles. The van der Waals surface area contributed by atoms with Gasteiger partial charge in [-0.2, -0.15) is 0 Å². The molecule has 0 aliphatic heterocycles. The summed E-state index contributed by atoms with van der Waals surface area (Å²) in [4.78, 5) is 54.0. The predicted molar refractivity (Wildman–Crippen MR) is 202 cm³/mol. The first kappa shape index (κ1) is 38.4. The summed E-state index contributed by atoms with van der Waals surface area (Å²) in [7, 11) is 0. The number of likely N-dealkylation sites (N-methyl/N-ethyl adjacent to an activating group) is 1. The van der Waals surface area contributed by atoms with E-state index >= 15 is 0 Å². The number of nitrogens with one attached hydrogen (secondary N) is 5. The largest absolute Gasteiger partial charge is 0.351 e. The summed E-state index contributed by atoms with van der Waals surface area (Å²) < 4.78 is 0. The molecule has 0 spiro atoms. The first-order valence-electron chi connectivity index (χ1n) is 17.4. The molecule has 1 aromatic heterocycles. The summed E-state index contributed by atoms with van der Waals surface area (Å²) >= 11 is 0. The summed E-state index contributed by atoms with van der Waals surface area (Å²) in [6.45, 7) is 10.2. The highest BCUT2D eigenvalue weighted by Crippen LogP contribution is 2.29. The van der Waals surface area contributed by atoms with Crippen LogP contribution in [0.1, 0.15) is 61.0 Å². The summed E-state index contributed by atoms with van der Waals surface area (Å²) in [5, 5.41) is 14.8. The van der Waals surface area contributed by atoms with Crippen molar-refractivity contribution in [3.8, 4) is 11.1 Å². The lowest BCUT2D eigenvalue weighted by Crippen LogP contribution is -2.48. The summed E-state index contributed by atoms with van der Waals surface area (Å²) in [5.41, 5.74) is 11.2. The van der Waals surface area contributed by atoms with Crippen LogP contribution in [0.2, 0.25) is 0 Å². The van der Waals surface area contributed by atoms with Crippen molar-refractivity contribution in [2.45, 2.75) is 58.9 Å². The van der Waals surface area contributed by atoms with E-state index in [4.69, 9.17) is 5.73 Å². The molecule has 3 amide bonds. The molecule has 7 N–H and O–H groups in total. The molecule has 1 fully saturated rings. The van der Waals surface area contributed by atoms with Crippen molar-refractivity contribution >= 4 is 46.7 Å². The number of nitrogens with two attached hydrogens (primary N) is 1. The minimum absolute atomic E-state index is 0. The van der Waals surface area contributed by atoms with Crippen molar-refractivity contribution in [1.29, 1.82) is 0 Å². The zero-order valence-electron chi connectivity index (χ0n) is 29.1. The Labute approximate surface area is 299 Å². The van der Waals surface area contributed by atoms with Crippen LogP contribution < -0.4 is 27.2 Å². The van der Waals surface area contributed by atoms with E-state index in [9.17, 15) is 19.2 Å². The third-order valence-electron chi connectivity index (χ3n) is 9.83. The van der Waals surface area contributed by atoms with E-state index in [-0.39, 0.29) is 41.6 Å². The van der Waals surface area contributed by atoms with Gasteiger partial charge in [0.15, 0.2) is 0 Å². The van der Waals surface area contributed by atoms with E-state index in [1.807, 2.05) is 49.4 Å². The smallest absolute Gasteiger partial charge is 0.271 e. The Hall–Kier alpha value is -4.45. The third kappa shape index (κ3) is 9.62. The number of nitrogens with zero attached hydrogens (tertiary/aromatic N) is 1. The first-order chi connectivity index (χ1) is 23.7. The molecular formula is C38H50ClN7O4. The molecule has 268 valence electrons. The number of hydrogen-bond acceptors (Lipinski definition) is 6. The van der Waals surface area contributed by atoms with Crippen LogP contribution in [0.25, 0.3) is 22.0 Å². The van der Waals surface area contributed by atoms with Crippen molar-refractivity contribution in [1.82, 2.24) is 25.7 Å². The van der Waals surface area contributed by atoms with Crippen molar-refractivity contribution in [2.75, 3.05) is 38.0 Å². The Kier molecular flexibility index (Phi) is 13.8. The van der Waals surface area contributed by atoms with E-state index in [2.05, 4.69) is 44.9 Å². The topological polar surface area (TPSA) is 165 Å². The zero-order chi connectivity index (χ0) is 34.9. The van der Waals surface area contributed by atoms with Crippen molar-refractivity contribution in [2.24, 2.45) is 17.6 Å². The summed E-state index contributed by atoms with van der Waals surface area (Å²) in [6.07, 6.45) is 3.62. The third-order valence-corrected chi connectivity index (χ3v) is 9.83. The average molecular weight is 704 g/mol. The monoisotopic (exact) mass is 703 g/mol. The zero-order valence-corrected chi connectivity index (χ0v) is 30.0. The number of aryl methyl sites for hydroxylation is 1. The number of benzene rings is 3. The molecule has 1 aliphatic carbocycles. The van der Waals surface area contributed by atoms with E-state index in [0.29, 0.717) is 47.6 Å². The van der Waals surface area contributed by atoms with E-state index < -0.39 is 6.04 Å². The number of halogens is 1. The standard InChI is InChI=1S/C38H49N7O4.ClH/c1-4-45(5-2)19-18-40-35(46)29-14-16-31(24(3)20-29)27-10-6-25(7-11-27)21-34(42-36(47)28-12-8-26(23-39)9-13-28)38(49)41-30-15-17-32-33(22-30)43-44-37(32)48;/h6-7,10-11,14-17,20,22,26,28,34H,4-5,8-9,12-13,18-19,21,23,39H2,1-3H3,(H,40,46)(H,41,49)(H,42,47)(H2,43,44,48);1H/t26-,28-,34-;/m0./s1. The molecule has 1 atom stereocenters. The predicted octanol–water partition coefficient (Wildman–Crippen LogP) is 4.76. The molecule has 3 aromatic carbocycles. The van der Waals surface area contributed by atoms with Crippen LogP contribution in [0.5, 0.6) is 0 Å². The molecule has 12 heteroatoms. The number of rotatable bonds is 14. The van der Waals surface area contributed by atoms with Crippen LogP contribution in [0.3, 0.4) is 0 Å². The lowest BCUT2D eigenvalue weighted by atomic mass is 9.81. The molecule has 11 nitrogen and oxygen atoms in total. The lowest BCUT2D eigenvalue weighted by molar-refractivity contribution is -0.130.